The molecule has 1 aliphatic heterocycles. The van der Waals surface area contributed by atoms with E-state index in [4.69, 9.17) is 4.98 Å². The SMILES string of the molecule is Cc1nc(-c2ccccn2)nc(N2CCC(CNC(=O)c3cnn(C)c3)CC2)c1C. The number of carbonyl (C=O) groups is 1. The van der Waals surface area contributed by atoms with Gasteiger partial charge in [-0.25, -0.2) is 9.97 Å². The number of pyridine rings is 1. The molecule has 1 N–H and O–H groups in total. The van der Waals surface area contributed by atoms with E-state index in [-0.39, 0.29) is 5.91 Å². The van der Waals surface area contributed by atoms with E-state index in [0.29, 0.717) is 23.9 Å². The van der Waals surface area contributed by atoms with E-state index in [1.807, 2.05) is 32.2 Å². The Bertz CT molecular complexity index is 1020. The molecule has 1 amide bonds. The maximum atomic E-state index is 12.2. The van der Waals surface area contributed by atoms with Gasteiger partial charge in [0.2, 0.25) is 0 Å². The Morgan fingerprint density at radius 3 is 2.67 bits per heavy atom. The second-order valence-corrected chi connectivity index (χ2v) is 7.84. The third-order valence-electron chi connectivity index (χ3n) is 5.69. The molecule has 8 nitrogen and oxygen atoms in total. The summed E-state index contributed by atoms with van der Waals surface area (Å²) in [4.78, 5) is 28.4. The van der Waals surface area contributed by atoms with Crippen LogP contribution in [0.3, 0.4) is 0 Å². The second kappa shape index (κ2) is 8.61. The summed E-state index contributed by atoms with van der Waals surface area (Å²) in [5.41, 5.74) is 3.48. The predicted octanol–water partition coefficient (Wildman–Crippen LogP) is 2.54. The Balaban J connectivity index is 1.39. The Labute approximate surface area is 176 Å². The van der Waals surface area contributed by atoms with Crippen molar-refractivity contribution in [1.29, 1.82) is 0 Å². The van der Waals surface area contributed by atoms with Crippen LogP contribution in [0.1, 0.15) is 34.5 Å². The zero-order chi connectivity index (χ0) is 21.1. The molecule has 0 saturated carbocycles. The highest BCUT2D eigenvalue weighted by Gasteiger charge is 2.23. The number of rotatable bonds is 5. The molecule has 1 fully saturated rings. The van der Waals surface area contributed by atoms with Crippen molar-refractivity contribution in [2.75, 3.05) is 24.5 Å². The summed E-state index contributed by atoms with van der Waals surface area (Å²) < 4.78 is 1.64. The zero-order valence-corrected chi connectivity index (χ0v) is 17.7. The number of piperidine rings is 1. The van der Waals surface area contributed by atoms with E-state index >= 15 is 0 Å². The number of hydrogen-bond acceptors (Lipinski definition) is 6. The van der Waals surface area contributed by atoms with Crippen molar-refractivity contribution in [3.8, 4) is 11.5 Å². The molecule has 0 aliphatic carbocycles. The summed E-state index contributed by atoms with van der Waals surface area (Å²) in [5, 5.41) is 7.10. The molecule has 0 spiro atoms. The normalized spacial score (nSPS) is 14.7. The van der Waals surface area contributed by atoms with Crippen molar-refractivity contribution >= 4 is 11.7 Å². The maximum absolute atomic E-state index is 12.2. The molecule has 1 saturated heterocycles. The number of nitrogens with zero attached hydrogens (tertiary/aromatic N) is 6. The van der Waals surface area contributed by atoms with Gasteiger partial charge < -0.3 is 10.2 Å². The molecule has 0 radical (unpaired) electrons. The van der Waals surface area contributed by atoms with E-state index in [2.05, 4.69) is 32.2 Å². The molecular weight excluding hydrogens is 378 g/mol. The van der Waals surface area contributed by atoms with Crippen LogP contribution in [-0.4, -0.2) is 50.3 Å². The fraction of sp³-hybridized carbons (Fsp3) is 0.409. The fourth-order valence-electron chi connectivity index (χ4n) is 3.76. The van der Waals surface area contributed by atoms with Crippen molar-refractivity contribution in [3.05, 3.63) is 53.6 Å². The van der Waals surface area contributed by atoms with Crippen LogP contribution in [0.2, 0.25) is 0 Å². The third kappa shape index (κ3) is 4.32. The number of amides is 1. The summed E-state index contributed by atoms with van der Waals surface area (Å²) in [7, 11) is 1.81. The summed E-state index contributed by atoms with van der Waals surface area (Å²) in [6, 6.07) is 5.78. The number of nitrogens with one attached hydrogen (secondary N) is 1. The van der Waals surface area contributed by atoms with Gasteiger partial charge in [0.15, 0.2) is 5.82 Å². The first-order valence-corrected chi connectivity index (χ1v) is 10.3. The lowest BCUT2D eigenvalue weighted by atomic mass is 9.96. The first-order chi connectivity index (χ1) is 14.5. The maximum Gasteiger partial charge on any atom is 0.254 e. The van der Waals surface area contributed by atoms with E-state index in [9.17, 15) is 4.79 Å². The quantitative estimate of drug-likeness (QED) is 0.702. The molecule has 0 bridgehead atoms. The van der Waals surface area contributed by atoms with Crippen LogP contribution in [0, 0.1) is 19.8 Å². The van der Waals surface area contributed by atoms with E-state index in [0.717, 1.165) is 48.7 Å². The van der Waals surface area contributed by atoms with Crippen LogP contribution in [0.5, 0.6) is 0 Å². The van der Waals surface area contributed by atoms with Gasteiger partial charge in [-0.15, -0.1) is 0 Å². The first-order valence-electron chi connectivity index (χ1n) is 10.3. The van der Waals surface area contributed by atoms with Gasteiger partial charge >= 0.3 is 0 Å². The molecule has 3 aromatic rings. The zero-order valence-electron chi connectivity index (χ0n) is 17.7. The lowest BCUT2D eigenvalue weighted by Gasteiger charge is -2.34. The standard InChI is InChI=1S/C22H27N7O/c1-15-16(2)26-20(19-6-4-5-9-23-19)27-21(15)29-10-7-17(8-11-29)12-24-22(30)18-13-25-28(3)14-18/h4-6,9,13-14,17H,7-8,10-12H2,1-3H3,(H,24,30). The Kier molecular flexibility index (Phi) is 5.74. The van der Waals surface area contributed by atoms with Gasteiger partial charge in [-0.3, -0.25) is 14.5 Å². The molecule has 8 heteroatoms. The molecule has 1 aliphatic rings. The number of carbonyl (C=O) groups excluding carboxylic acids is 1. The minimum atomic E-state index is -0.0622. The summed E-state index contributed by atoms with van der Waals surface area (Å²) in [5.74, 6) is 2.05. The van der Waals surface area contributed by atoms with Crippen LogP contribution in [0.15, 0.2) is 36.8 Å². The van der Waals surface area contributed by atoms with E-state index in [1.54, 1.807) is 23.3 Å². The van der Waals surface area contributed by atoms with Crippen LogP contribution in [0.4, 0.5) is 5.82 Å². The van der Waals surface area contributed by atoms with Gasteiger partial charge in [0.25, 0.3) is 5.91 Å². The van der Waals surface area contributed by atoms with Gasteiger partial charge in [-0.1, -0.05) is 6.07 Å². The fourth-order valence-corrected chi connectivity index (χ4v) is 3.76. The van der Waals surface area contributed by atoms with Crippen molar-refractivity contribution in [2.24, 2.45) is 13.0 Å². The van der Waals surface area contributed by atoms with E-state index in [1.165, 1.54) is 0 Å². The smallest absolute Gasteiger partial charge is 0.254 e. The lowest BCUT2D eigenvalue weighted by Crippen LogP contribution is -2.39. The molecule has 0 unspecified atom stereocenters. The Hall–Kier alpha value is -3.29. The average molecular weight is 406 g/mol. The van der Waals surface area contributed by atoms with Gasteiger partial charge in [-0.05, 0) is 44.7 Å². The highest BCUT2D eigenvalue weighted by atomic mass is 16.1. The monoisotopic (exact) mass is 405 g/mol. The topological polar surface area (TPSA) is 88.8 Å². The van der Waals surface area contributed by atoms with Crippen molar-refractivity contribution < 1.29 is 4.79 Å². The number of anilines is 1. The predicted molar refractivity (Wildman–Crippen MR) is 115 cm³/mol. The van der Waals surface area contributed by atoms with Crippen molar-refractivity contribution in [1.82, 2.24) is 30.0 Å². The summed E-state index contributed by atoms with van der Waals surface area (Å²) >= 11 is 0. The average Bonchev–Trinajstić information content (AvgIpc) is 3.21. The van der Waals surface area contributed by atoms with Crippen LogP contribution in [0.25, 0.3) is 11.5 Å². The van der Waals surface area contributed by atoms with Gasteiger partial charge in [0.1, 0.15) is 11.5 Å². The van der Waals surface area contributed by atoms with Gasteiger partial charge in [-0.2, -0.15) is 5.10 Å². The Morgan fingerprint density at radius 2 is 2.00 bits per heavy atom. The molecule has 4 heterocycles. The van der Waals surface area contributed by atoms with Crippen LogP contribution < -0.4 is 10.2 Å². The number of hydrogen-bond donors (Lipinski definition) is 1. The minimum Gasteiger partial charge on any atom is -0.356 e. The largest absolute Gasteiger partial charge is 0.356 e. The molecule has 0 aromatic carbocycles. The minimum absolute atomic E-state index is 0.0622. The highest BCUT2D eigenvalue weighted by molar-refractivity contribution is 5.93. The highest BCUT2D eigenvalue weighted by Crippen LogP contribution is 2.27. The first kappa shape index (κ1) is 20.0. The molecule has 4 rings (SSSR count). The van der Waals surface area contributed by atoms with E-state index < -0.39 is 0 Å². The second-order valence-electron chi connectivity index (χ2n) is 7.84. The molecule has 3 aromatic heterocycles. The summed E-state index contributed by atoms with van der Waals surface area (Å²) in [6.45, 7) is 6.60. The molecule has 30 heavy (non-hydrogen) atoms. The third-order valence-corrected chi connectivity index (χ3v) is 5.69. The van der Waals surface area contributed by atoms with Gasteiger partial charge in [0, 0.05) is 50.3 Å². The van der Waals surface area contributed by atoms with Crippen LogP contribution in [-0.2, 0) is 7.05 Å². The molecule has 156 valence electrons. The molecular formula is C22H27N7O. The lowest BCUT2D eigenvalue weighted by molar-refractivity contribution is 0.0945. The van der Waals surface area contributed by atoms with Crippen LogP contribution >= 0.6 is 0 Å². The Morgan fingerprint density at radius 1 is 1.20 bits per heavy atom. The molecule has 0 atom stereocenters. The summed E-state index contributed by atoms with van der Waals surface area (Å²) in [6.07, 6.45) is 7.11. The van der Waals surface area contributed by atoms with Crippen molar-refractivity contribution in [3.63, 3.8) is 0 Å². The van der Waals surface area contributed by atoms with Crippen molar-refractivity contribution in [2.45, 2.75) is 26.7 Å². The van der Waals surface area contributed by atoms with Gasteiger partial charge in [0.05, 0.1) is 11.8 Å². The number of aryl methyl sites for hydroxylation is 2. The number of aromatic nitrogens is 5.